The number of carbonyl (C=O) groups is 2. The molecule has 2 fully saturated rings. The number of carbonyl (C=O) groups excluding carboxylic acids is 2. The Morgan fingerprint density at radius 3 is 2.61 bits per heavy atom. The maximum absolute atomic E-state index is 12.2. The lowest BCUT2D eigenvalue weighted by molar-refractivity contribution is -0.135. The molecule has 0 aromatic carbocycles. The highest BCUT2D eigenvalue weighted by Gasteiger charge is 2.49. The fourth-order valence-electron chi connectivity index (χ4n) is 2.53. The van der Waals surface area contributed by atoms with E-state index >= 15 is 0 Å². The first kappa shape index (κ1) is 13.1. The number of likely N-dealkylation sites (tertiary alicyclic amines) is 1. The molecule has 1 aliphatic carbocycles. The summed E-state index contributed by atoms with van der Waals surface area (Å²) in [6.07, 6.45) is 4.55. The minimum Gasteiger partial charge on any atom is -0.352 e. The summed E-state index contributed by atoms with van der Waals surface area (Å²) in [4.78, 5) is 25.8. The van der Waals surface area contributed by atoms with Crippen LogP contribution in [0.3, 0.4) is 0 Å². The van der Waals surface area contributed by atoms with Crippen molar-refractivity contribution in [3.05, 3.63) is 12.7 Å². The molecule has 1 saturated heterocycles. The Labute approximate surface area is 108 Å². The Morgan fingerprint density at radius 1 is 1.33 bits per heavy atom. The van der Waals surface area contributed by atoms with Gasteiger partial charge in [0.25, 0.3) is 0 Å². The molecule has 2 rings (SSSR count). The highest BCUT2D eigenvalue weighted by Crippen LogP contribution is 2.40. The van der Waals surface area contributed by atoms with Crippen LogP contribution in [0.5, 0.6) is 0 Å². The van der Waals surface area contributed by atoms with Crippen LogP contribution in [0.2, 0.25) is 0 Å². The van der Waals surface area contributed by atoms with Gasteiger partial charge in [-0.3, -0.25) is 9.59 Å². The number of nitrogens with zero attached hydrogens (tertiary/aromatic N) is 1. The van der Waals surface area contributed by atoms with Gasteiger partial charge < -0.3 is 10.2 Å². The van der Waals surface area contributed by atoms with Gasteiger partial charge in [0.1, 0.15) is 0 Å². The minimum absolute atomic E-state index is 0.00127. The third kappa shape index (κ3) is 2.92. The Balaban J connectivity index is 1.78. The van der Waals surface area contributed by atoms with Crippen LogP contribution in [0.15, 0.2) is 12.7 Å². The normalized spacial score (nSPS) is 27.7. The Morgan fingerprint density at radius 2 is 2.00 bits per heavy atom. The topological polar surface area (TPSA) is 49.4 Å². The minimum atomic E-state index is -0.100. The molecule has 0 aromatic rings. The molecule has 4 heteroatoms. The van der Waals surface area contributed by atoms with Gasteiger partial charge in [0.05, 0.1) is 11.8 Å². The van der Waals surface area contributed by atoms with Crippen LogP contribution < -0.4 is 5.32 Å². The molecule has 1 heterocycles. The fourth-order valence-corrected chi connectivity index (χ4v) is 2.53. The van der Waals surface area contributed by atoms with E-state index in [-0.39, 0.29) is 23.7 Å². The Bertz CT molecular complexity index is 346. The second-order valence-corrected chi connectivity index (χ2v) is 5.49. The summed E-state index contributed by atoms with van der Waals surface area (Å²) in [5.41, 5.74) is 0. The van der Waals surface area contributed by atoms with Crippen molar-refractivity contribution in [1.29, 1.82) is 0 Å². The molecule has 0 radical (unpaired) electrons. The number of nitrogens with one attached hydrogen (secondary N) is 1. The average molecular weight is 250 g/mol. The van der Waals surface area contributed by atoms with Gasteiger partial charge in [-0.15, -0.1) is 6.58 Å². The molecule has 1 N–H and O–H groups in total. The third-order valence-corrected chi connectivity index (χ3v) is 3.96. The van der Waals surface area contributed by atoms with E-state index in [0.717, 1.165) is 31.8 Å². The molecule has 0 bridgehead atoms. The highest BCUT2D eigenvalue weighted by atomic mass is 16.2. The third-order valence-electron chi connectivity index (χ3n) is 3.96. The largest absolute Gasteiger partial charge is 0.352 e. The molecule has 4 nitrogen and oxygen atoms in total. The van der Waals surface area contributed by atoms with Gasteiger partial charge in [-0.1, -0.05) is 13.0 Å². The zero-order valence-corrected chi connectivity index (χ0v) is 11.0. The molecule has 100 valence electrons. The van der Waals surface area contributed by atoms with Crippen molar-refractivity contribution in [2.24, 2.45) is 17.8 Å². The second-order valence-electron chi connectivity index (χ2n) is 5.49. The standard InChI is InChI=1S/C14H22N2O2/c1-3-6-15-13(17)11-9-12(11)14(18)16-7-4-10(2)5-8-16/h3,10-12H,1,4-9H2,2H3,(H,15,17). The highest BCUT2D eigenvalue weighted by molar-refractivity contribution is 5.92. The number of rotatable bonds is 4. The zero-order chi connectivity index (χ0) is 13.1. The molecule has 0 aromatic heterocycles. The van der Waals surface area contributed by atoms with Crippen LogP contribution in [0.1, 0.15) is 26.2 Å². The first-order valence-corrected chi connectivity index (χ1v) is 6.81. The van der Waals surface area contributed by atoms with E-state index in [1.54, 1.807) is 6.08 Å². The van der Waals surface area contributed by atoms with Crippen LogP contribution in [0.4, 0.5) is 0 Å². The van der Waals surface area contributed by atoms with Crippen molar-refractivity contribution in [2.45, 2.75) is 26.2 Å². The van der Waals surface area contributed by atoms with Crippen LogP contribution in [-0.2, 0) is 9.59 Å². The van der Waals surface area contributed by atoms with Gasteiger partial charge in [-0.2, -0.15) is 0 Å². The van der Waals surface area contributed by atoms with E-state index in [1.807, 2.05) is 4.90 Å². The van der Waals surface area contributed by atoms with E-state index in [4.69, 9.17) is 0 Å². The lowest BCUT2D eigenvalue weighted by Gasteiger charge is -2.30. The molecule has 2 aliphatic rings. The van der Waals surface area contributed by atoms with Crippen LogP contribution >= 0.6 is 0 Å². The van der Waals surface area contributed by atoms with Gasteiger partial charge in [0.15, 0.2) is 0 Å². The summed E-state index contributed by atoms with van der Waals surface area (Å²) in [7, 11) is 0. The van der Waals surface area contributed by atoms with E-state index in [0.29, 0.717) is 13.0 Å². The summed E-state index contributed by atoms with van der Waals surface area (Å²) in [6, 6.07) is 0. The van der Waals surface area contributed by atoms with E-state index < -0.39 is 0 Å². The van der Waals surface area contributed by atoms with E-state index in [9.17, 15) is 9.59 Å². The van der Waals surface area contributed by atoms with Crippen LogP contribution in [0, 0.1) is 17.8 Å². The molecule has 1 aliphatic heterocycles. The first-order chi connectivity index (χ1) is 8.63. The lowest BCUT2D eigenvalue weighted by atomic mass is 9.99. The van der Waals surface area contributed by atoms with Gasteiger partial charge in [0.2, 0.25) is 11.8 Å². The Kier molecular flexibility index (Phi) is 4.04. The fraction of sp³-hybridized carbons (Fsp3) is 0.714. The van der Waals surface area contributed by atoms with Gasteiger partial charge in [0, 0.05) is 19.6 Å². The first-order valence-electron chi connectivity index (χ1n) is 6.81. The molecule has 0 spiro atoms. The molecular weight excluding hydrogens is 228 g/mol. The lowest BCUT2D eigenvalue weighted by Crippen LogP contribution is -2.39. The number of piperidine rings is 1. The summed E-state index contributed by atoms with van der Waals surface area (Å²) in [6.45, 7) is 7.98. The van der Waals surface area contributed by atoms with E-state index in [1.165, 1.54) is 0 Å². The predicted octanol–water partition coefficient (Wildman–Crippen LogP) is 1.18. The summed E-state index contributed by atoms with van der Waals surface area (Å²) >= 11 is 0. The maximum Gasteiger partial charge on any atom is 0.226 e. The summed E-state index contributed by atoms with van der Waals surface area (Å²) < 4.78 is 0. The summed E-state index contributed by atoms with van der Waals surface area (Å²) in [5.74, 6) is 0.735. The van der Waals surface area contributed by atoms with Gasteiger partial charge in [-0.05, 0) is 25.2 Å². The number of amides is 2. The predicted molar refractivity (Wildman–Crippen MR) is 69.8 cm³/mol. The zero-order valence-electron chi connectivity index (χ0n) is 11.0. The SMILES string of the molecule is C=CCNC(=O)C1CC1C(=O)N1CCC(C)CC1. The number of hydrogen-bond donors (Lipinski definition) is 1. The quantitative estimate of drug-likeness (QED) is 0.762. The maximum atomic E-state index is 12.2. The van der Waals surface area contributed by atoms with Crippen molar-refractivity contribution in [3.63, 3.8) is 0 Å². The monoisotopic (exact) mass is 250 g/mol. The average Bonchev–Trinajstić information content (AvgIpc) is 3.16. The van der Waals surface area contributed by atoms with E-state index in [2.05, 4.69) is 18.8 Å². The van der Waals surface area contributed by atoms with Crippen molar-refractivity contribution >= 4 is 11.8 Å². The van der Waals surface area contributed by atoms with Crippen molar-refractivity contribution in [3.8, 4) is 0 Å². The molecular formula is C14H22N2O2. The Hall–Kier alpha value is -1.32. The molecule has 2 atom stereocenters. The van der Waals surface area contributed by atoms with Crippen LogP contribution in [-0.4, -0.2) is 36.3 Å². The molecule has 18 heavy (non-hydrogen) atoms. The van der Waals surface area contributed by atoms with Gasteiger partial charge in [-0.25, -0.2) is 0 Å². The number of hydrogen-bond acceptors (Lipinski definition) is 2. The van der Waals surface area contributed by atoms with Crippen molar-refractivity contribution < 1.29 is 9.59 Å². The summed E-state index contributed by atoms with van der Waals surface area (Å²) in [5, 5.41) is 2.76. The van der Waals surface area contributed by atoms with Crippen molar-refractivity contribution in [2.75, 3.05) is 19.6 Å². The second kappa shape index (κ2) is 5.55. The smallest absolute Gasteiger partial charge is 0.226 e. The molecule has 2 amide bonds. The van der Waals surface area contributed by atoms with Gasteiger partial charge >= 0.3 is 0 Å². The molecule has 1 saturated carbocycles. The molecule has 2 unspecified atom stereocenters. The van der Waals surface area contributed by atoms with Crippen LogP contribution in [0.25, 0.3) is 0 Å². The van der Waals surface area contributed by atoms with Crippen molar-refractivity contribution in [1.82, 2.24) is 10.2 Å².